The van der Waals surface area contributed by atoms with Crippen LogP contribution in [0, 0.1) is 0 Å². The predicted molar refractivity (Wildman–Crippen MR) is 69.8 cm³/mol. The van der Waals surface area contributed by atoms with Crippen molar-refractivity contribution < 1.29 is 9.59 Å². The third kappa shape index (κ3) is 4.87. The van der Waals surface area contributed by atoms with Crippen molar-refractivity contribution in [3.05, 3.63) is 22.3 Å². The molecule has 0 saturated carbocycles. The SMILES string of the molecule is CNC(=O)CNCC(=O)Nc1ncc(Cl)cc1Cl. The van der Waals surface area contributed by atoms with E-state index in [4.69, 9.17) is 23.2 Å². The van der Waals surface area contributed by atoms with Crippen LogP contribution in [0.1, 0.15) is 0 Å². The van der Waals surface area contributed by atoms with Gasteiger partial charge in [0.05, 0.1) is 23.1 Å². The Hall–Kier alpha value is -1.37. The van der Waals surface area contributed by atoms with Crippen molar-refractivity contribution in [2.24, 2.45) is 0 Å². The molecule has 18 heavy (non-hydrogen) atoms. The van der Waals surface area contributed by atoms with Crippen molar-refractivity contribution in [3.63, 3.8) is 0 Å². The molecule has 1 aromatic heterocycles. The van der Waals surface area contributed by atoms with Crippen LogP contribution in [0.15, 0.2) is 12.3 Å². The maximum absolute atomic E-state index is 11.5. The van der Waals surface area contributed by atoms with Gasteiger partial charge in [-0.1, -0.05) is 23.2 Å². The summed E-state index contributed by atoms with van der Waals surface area (Å²) in [6.07, 6.45) is 1.38. The van der Waals surface area contributed by atoms with Gasteiger partial charge in [0.15, 0.2) is 5.82 Å². The largest absolute Gasteiger partial charge is 0.358 e. The van der Waals surface area contributed by atoms with Gasteiger partial charge in [-0.25, -0.2) is 4.98 Å². The molecule has 8 heteroatoms. The Balaban J connectivity index is 2.42. The molecule has 0 atom stereocenters. The fourth-order valence-corrected chi connectivity index (χ4v) is 1.49. The van der Waals surface area contributed by atoms with Crippen molar-refractivity contribution >= 4 is 40.8 Å². The van der Waals surface area contributed by atoms with E-state index in [9.17, 15) is 9.59 Å². The van der Waals surface area contributed by atoms with Crippen LogP contribution in [0.4, 0.5) is 5.82 Å². The molecule has 98 valence electrons. The second-order valence-electron chi connectivity index (χ2n) is 3.31. The molecular weight excluding hydrogens is 279 g/mol. The minimum Gasteiger partial charge on any atom is -0.358 e. The van der Waals surface area contributed by atoms with Crippen LogP contribution in [0.25, 0.3) is 0 Å². The molecule has 0 saturated heterocycles. The Morgan fingerprint density at radius 3 is 2.56 bits per heavy atom. The molecule has 0 aromatic carbocycles. The van der Waals surface area contributed by atoms with Gasteiger partial charge in [-0.2, -0.15) is 0 Å². The van der Waals surface area contributed by atoms with Crippen molar-refractivity contribution in [2.75, 3.05) is 25.5 Å². The molecule has 0 bridgehead atoms. The quantitative estimate of drug-likeness (QED) is 0.744. The highest BCUT2D eigenvalue weighted by Crippen LogP contribution is 2.22. The number of hydrogen-bond acceptors (Lipinski definition) is 4. The first kappa shape index (κ1) is 14.7. The Bertz CT molecular complexity index is 454. The van der Waals surface area contributed by atoms with Crippen molar-refractivity contribution in [2.45, 2.75) is 0 Å². The molecule has 0 aliphatic heterocycles. The van der Waals surface area contributed by atoms with Gasteiger partial charge in [0.2, 0.25) is 11.8 Å². The highest BCUT2D eigenvalue weighted by atomic mass is 35.5. The molecule has 0 aliphatic rings. The second kappa shape index (κ2) is 7.15. The van der Waals surface area contributed by atoms with Gasteiger partial charge >= 0.3 is 0 Å². The minimum atomic E-state index is -0.351. The summed E-state index contributed by atoms with van der Waals surface area (Å²) >= 11 is 11.5. The Morgan fingerprint density at radius 2 is 1.94 bits per heavy atom. The molecule has 3 N–H and O–H groups in total. The van der Waals surface area contributed by atoms with Gasteiger partial charge in [0.1, 0.15) is 0 Å². The lowest BCUT2D eigenvalue weighted by atomic mass is 10.4. The maximum atomic E-state index is 11.5. The van der Waals surface area contributed by atoms with Gasteiger partial charge in [-0.05, 0) is 6.07 Å². The third-order valence-electron chi connectivity index (χ3n) is 1.92. The predicted octanol–water partition coefficient (Wildman–Crippen LogP) is 0.662. The first-order valence-electron chi connectivity index (χ1n) is 5.05. The average Bonchev–Trinajstić information content (AvgIpc) is 2.32. The van der Waals surface area contributed by atoms with E-state index in [2.05, 4.69) is 20.9 Å². The molecule has 6 nitrogen and oxygen atoms in total. The Labute approximate surface area is 114 Å². The van der Waals surface area contributed by atoms with Crippen molar-refractivity contribution in [1.29, 1.82) is 0 Å². The highest BCUT2D eigenvalue weighted by Gasteiger charge is 2.08. The fourth-order valence-electron chi connectivity index (χ4n) is 1.06. The first-order chi connectivity index (χ1) is 8.52. The Morgan fingerprint density at radius 1 is 1.28 bits per heavy atom. The number of likely N-dealkylation sites (N-methyl/N-ethyl adjacent to an activating group) is 1. The van der Waals surface area contributed by atoms with Crippen LogP contribution < -0.4 is 16.0 Å². The van der Waals surface area contributed by atoms with Crippen LogP contribution in [0.5, 0.6) is 0 Å². The van der Waals surface area contributed by atoms with E-state index in [0.29, 0.717) is 5.02 Å². The van der Waals surface area contributed by atoms with Crippen molar-refractivity contribution in [1.82, 2.24) is 15.6 Å². The zero-order valence-corrected chi connectivity index (χ0v) is 11.1. The number of nitrogens with zero attached hydrogens (tertiary/aromatic N) is 1. The van der Waals surface area contributed by atoms with E-state index in [1.807, 2.05) is 0 Å². The zero-order chi connectivity index (χ0) is 13.5. The van der Waals surface area contributed by atoms with Crippen molar-refractivity contribution in [3.8, 4) is 0 Å². The number of carbonyl (C=O) groups is 2. The maximum Gasteiger partial charge on any atom is 0.239 e. The molecule has 0 spiro atoms. The van der Waals surface area contributed by atoms with Crippen LogP contribution in [-0.4, -0.2) is 36.9 Å². The van der Waals surface area contributed by atoms with Crippen LogP contribution in [0.2, 0.25) is 10.0 Å². The van der Waals surface area contributed by atoms with Gasteiger partial charge in [0, 0.05) is 13.2 Å². The van der Waals surface area contributed by atoms with Gasteiger partial charge in [-0.15, -0.1) is 0 Å². The molecule has 1 rings (SSSR count). The third-order valence-corrected chi connectivity index (χ3v) is 2.41. The molecule has 0 aliphatic carbocycles. The van der Waals surface area contributed by atoms with E-state index in [1.165, 1.54) is 19.3 Å². The van der Waals surface area contributed by atoms with Crippen LogP contribution >= 0.6 is 23.2 Å². The summed E-state index contributed by atoms with van der Waals surface area (Å²) in [6, 6.07) is 1.48. The van der Waals surface area contributed by atoms with E-state index >= 15 is 0 Å². The average molecular weight is 291 g/mol. The summed E-state index contributed by atoms with van der Waals surface area (Å²) in [7, 11) is 1.52. The number of halogens is 2. The van der Waals surface area contributed by atoms with E-state index in [-0.39, 0.29) is 35.7 Å². The molecule has 1 aromatic rings. The van der Waals surface area contributed by atoms with Gasteiger partial charge < -0.3 is 10.6 Å². The number of amides is 2. The monoisotopic (exact) mass is 290 g/mol. The lowest BCUT2D eigenvalue weighted by Crippen LogP contribution is -2.36. The van der Waals surface area contributed by atoms with E-state index < -0.39 is 0 Å². The summed E-state index contributed by atoms with van der Waals surface area (Å²) in [5.41, 5.74) is 0. The molecule has 1 heterocycles. The molecule has 2 amide bonds. The van der Waals surface area contributed by atoms with Gasteiger partial charge in [-0.3, -0.25) is 14.9 Å². The minimum absolute atomic E-state index is 0.0198. The summed E-state index contributed by atoms with van der Waals surface area (Å²) in [6.45, 7) is 0.0414. The summed E-state index contributed by atoms with van der Waals surface area (Å²) in [5, 5.41) is 8.22. The van der Waals surface area contributed by atoms with E-state index in [0.717, 1.165) is 0 Å². The number of carbonyl (C=O) groups excluding carboxylic acids is 2. The first-order valence-corrected chi connectivity index (χ1v) is 5.80. The fraction of sp³-hybridized carbons (Fsp3) is 0.300. The smallest absolute Gasteiger partial charge is 0.239 e. The normalized spacial score (nSPS) is 9.94. The van der Waals surface area contributed by atoms with Crippen LogP contribution in [0.3, 0.4) is 0 Å². The summed E-state index contributed by atoms with van der Waals surface area (Å²) in [5.74, 6) is -0.325. The number of anilines is 1. The lowest BCUT2D eigenvalue weighted by molar-refractivity contribution is -0.119. The number of rotatable bonds is 5. The number of nitrogens with one attached hydrogen (secondary N) is 3. The number of hydrogen-bond donors (Lipinski definition) is 3. The summed E-state index contributed by atoms with van der Waals surface area (Å²) < 4.78 is 0. The highest BCUT2D eigenvalue weighted by molar-refractivity contribution is 6.36. The number of pyridine rings is 1. The zero-order valence-electron chi connectivity index (χ0n) is 9.59. The molecule has 0 fully saturated rings. The van der Waals surface area contributed by atoms with Crippen LogP contribution in [-0.2, 0) is 9.59 Å². The molecule has 0 radical (unpaired) electrons. The molecule has 0 unspecified atom stereocenters. The van der Waals surface area contributed by atoms with E-state index in [1.54, 1.807) is 0 Å². The second-order valence-corrected chi connectivity index (χ2v) is 4.15. The number of aromatic nitrogens is 1. The Kier molecular flexibility index (Phi) is 5.84. The van der Waals surface area contributed by atoms with Gasteiger partial charge in [0.25, 0.3) is 0 Å². The lowest BCUT2D eigenvalue weighted by Gasteiger charge is -2.07. The topological polar surface area (TPSA) is 83.1 Å². The molecular formula is C10H12Cl2N4O2. The summed E-state index contributed by atoms with van der Waals surface area (Å²) in [4.78, 5) is 26.2. The standard InChI is InChI=1S/C10H12Cl2N4O2/c1-13-8(17)4-14-5-9(18)16-10-7(12)2-6(11)3-15-10/h2-3,14H,4-5H2,1H3,(H,13,17)(H,15,16,18).